The topological polar surface area (TPSA) is 55.8 Å². The van der Waals surface area contributed by atoms with Crippen LogP contribution in [0.5, 0.6) is 0 Å². The van der Waals surface area contributed by atoms with Crippen LogP contribution in [0.3, 0.4) is 0 Å². The first-order valence-electron chi connectivity index (χ1n) is 5.57. The minimum atomic E-state index is 0.339. The summed E-state index contributed by atoms with van der Waals surface area (Å²) in [5.41, 5.74) is 2.09. The quantitative estimate of drug-likeness (QED) is 0.644. The summed E-state index contributed by atoms with van der Waals surface area (Å²) in [7, 11) is 3.59. The lowest BCUT2D eigenvalue weighted by Crippen LogP contribution is -2.22. The molecule has 0 saturated carbocycles. The minimum Gasteiger partial charge on any atom is -0.363 e. The molecule has 1 heterocycles. The van der Waals surface area contributed by atoms with E-state index in [2.05, 4.69) is 6.07 Å². The molecular formula is C14H14N4. The molecule has 4 heteroatoms. The highest BCUT2D eigenvalue weighted by atomic mass is 15.1. The summed E-state index contributed by atoms with van der Waals surface area (Å²) >= 11 is 0. The fourth-order valence-electron chi connectivity index (χ4n) is 1.74. The van der Waals surface area contributed by atoms with Gasteiger partial charge in [-0.05, 0) is 30.3 Å². The van der Waals surface area contributed by atoms with Crippen molar-refractivity contribution in [2.24, 2.45) is 0 Å². The Morgan fingerprint density at radius 1 is 1.28 bits per heavy atom. The molecule has 2 rings (SSSR count). The van der Waals surface area contributed by atoms with Crippen LogP contribution in [-0.2, 0) is 0 Å². The maximum Gasteiger partial charge on any atom is 0.128 e. The van der Waals surface area contributed by atoms with Crippen molar-refractivity contribution in [2.45, 2.75) is 0 Å². The van der Waals surface area contributed by atoms with Gasteiger partial charge in [-0.15, -0.1) is 0 Å². The van der Waals surface area contributed by atoms with E-state index < -0.39 is 0 Å². The third-order valence-electron chi connectivity index (χ3n) is 2.73. The van der Waals surface area contributed by atoms with Gasteiger partial charge in [0.05, 0.1) is 11.6 Å². The Morgan fingerprint density at radius 3 is 2.50 bits per heavy atom. The molecule has 0 bridgehead atoms. The number of amidine groups is 1. The predicted octanol–water partition coefficient (Wildman–Crippen LogP) is 2.24. The van der Waals surface area contributed by atoms with Crippen LogP contribution >= 0.6 is 0 Å². The lowest BCUT2D eigenvalue weighted by Gasteiger charge is -2.15. The highest BCUT2D eigenvalue weighted by Gasteiger charge is 2.10. The average molecular weight is 238 g/mol. The van der Waals surface area contributed by atoms with Gasteiger partial charge in [-0.25, -0.2) is 0 Å². The molecule has 1 N–H and O–H groups in total. The van der Waals surface area contributed by atoms with E-state index in [4.69, 9.17) is 5.41 Å². The summed E-state index contributed by atoms with van der Waals surface area (Å²) in [4.78, 5) is 1.69. The van der Waals surface area contributed by atoms with Gasteiger partial charge in [0, 0.05) is 37.7 Å². The van der Waals surface area contributed by atoms with Crippen LogP contribution in [0.1, 0.15) is 11.1 Å². The molecule has 4 nitrogen and oxygen atoms in total. The first kappa shape index (κ1) is 11.9. The first-order valence-corrected chi connectivity index (χ1v) is 5.57. The lowest BCUT2D eigenvalue weighted by atomic mass is 10.1. The standard InChI is InChI=1S/C14H14N4/c1-17(2)14(16)13-6-5-12(9-11(13)10-15)18-7-3-4-8-18/h3-9,16H,1-2H3. The molecule has 1 aromatic carbocycles. The Bertz CT molecular complexity index is 603. The Balaban J connectivity index is 2.48. The van der Waals surface area contributed by atoms with Crippen LogP contribution in [0, 0.1) is 16.7 Å². The van der Waals surface area contributed by atoms with Crippen LogP contribution in [0.25, 0.3) is 5.69 Å². The number of rotatable bonds is 2. The van der Waals surface area contributed by atoms with Crippen LogP contribution in [-0.4, -0.2) is 29.4 Å². The van der Waals surface area contributed by atoms with E-state index in [-0.39, 0.29) is 0 Å². The molecule has 0 radical (unpaired) electrons. The van der Waals surface area contributed by atoms with Crippen molar-refractivity contribution in [1.29, 1.82) is 10.7 Å². The SMILES string of the molecule is CN(C)C(=N)c1ccc(-n2cccc2)cc1C#N. The molecule has 0 amide bonds. The molecule has 0 fully saturated rings. The van der Waals surface area contributed by atoms with Crippen molar-refractivity contribution in [3.63, 3.8) is 0 Å². The van der Waals surface area contributed by atoms with Crippen molar-refractivity contribution >= 4 is 5.84 Å². The van der Waals surface area contributed by atoms with Gasteiger partial charge in [0.1, 0.15) is 5.84 Å². The van der Waals surface area contributed by atoms with Gasteiger partial charge >= 0.3 is 0 Å². The largest absolute Gasteiger partial charge is 0.363 e. The number of nitrogens with zero attached hydrogens (tertiary/aromatic N) is 3. The van der Waals surface area contributed by atoms with E-state index >= 15 is 0 Å². The number of benzene rings is 1. The zero-order chi connectivity index (χ0) is 13.1. The molecule has 18 heavy (non-hydrogen) atoms. The minimum absolute atomic E-state index is 0.339. The molecule has 0 aliphatic carbocycles. The van der Waals surface area contributed by atoms with Gasteiger partial charge in [-0.2, -0.15) is 5.26 Å². The summed E-state index contributed by atoms with van der Waals surface area (Å²) in [6.45, 7) is 0. The lowest BCUT2D eigenvalue weighted by molar-refractivity contribution is 0.619. The van der Waals surface area contributed by atoms with Crippen LogP contribution in [0.4, 0.5) is 0 Å². The smallest absolute Gasteiger partial charge is 0.128 e. The van der Waals surface area contributed by atoms with Crippen LogP contribution < -0.4 is 0 Å². The first-order chi connectivity index (χ1) is 8.63. The third kappa shape index (κ3) is 2.11. The Hall–Kier alpha value is -2.54. The zero-order valence-electron chi connectivity index (χ0n) is 10.4. The monoisotopic (exact) mass is 238 g/mol. The van der Waals surface area contributed by atoms with Gasteiger partial charge < -0.3 is 9.47 Å². The normalized spacial score (nSPS) is 9.83. The van der Waals surface area contributed by atoms with Crippen molar-refractivity contribution < 1.29 is 0 Å². The summed E-state index contributed by atoms with van der Waals surface area (Å²) in [6, 6.07) is 11.5. The fourth-order valence-corrected chi connectivity index (χ4v) is 1.74. The van der Waals surface area contributed by atoms with Crippen molar-refractivity contribution in [3.05, 3.63) is 53.9 Å². The molecular weight excluding hydrogens is 224 g/mol. The van der Waals surface area contributed by atoms with E-state index in [1.165, 1.54) is 0 Å². The Labute approximate surface area is 106 Å². The van der Waals surface area contributed by atoms with Gasteiger partial charge in [-0.3, -0.25) is 5.41 Å². The maximum absolute atomic E-state index is 9.20. The number of nitrogens with one attached hydrogen (secondary N) is 1. The Morgan fingerprint density at radius 2 is 1.94 bits per heavy atom. The van der Waals surface area contributed by atoms with E-state index in [9.17, 15) is 5.26 Å². The number of aromatic nitrogens is 1. The summed E-state index contributed by atoms with van der Waals surface area (Å²) < 4.78 is 1.93. The van der Waals surface area contributed by atoms with Crippen molar-refractivity contribution in [2.75, 3.05) is 14.1 Å². The van der Waals surface area contributed by atoms with E-state index in [1.54, 1.807) is 25.1 Å². The Kier molecular flexibility index (Phi) is 3.16. The van der Waals surface area contributed by atoms with Gasteiger partial charge in [0.15, 0.2) is 0 Å². The molecule has 90 valence electrons. The van der Waals surface area contributed by atoms with Crippen LogP contribution in [0.15, 0.2) is 42.7 Å². The molecule has 0 unspecified atom stereocenters. The van der Waals surface area contributed by atoms with Crippen LogP contribution in [0.2, 0.25) is 0 Å². The number of hydrogen-bond acceptors (Lipinski definition) is 2. The second-order valence-electron chi connectivity index (χ2n) is 4.18. The maximum atomic E-state index is 9.20. The average Bonchev–Trinajstić information content (AvgIpc) is 2.90. The predicted molar refractivity (Wildman–Crippen MR) is 71.0 cm³/mol. The molecule has 0 aliphatic heterocycles. The summed E-state index contributed by atoms with van der Waals surface area (Å²) in [5.74, 6) is 0.339. The van der Waals surface area contributed by atoms with Gasteiger partial charge in [0.25, 0.3) is 0 Å². The molecule has 0 atom stereocenters. The van der Waals surface area contributed by atoms with E-state index in [0.717, 1.165) is 5.69 Å². The number of nitriles is 1. The van der Waals surface area contributed by atoms with Gasteiger partial charge in [0.2, 0.25) is 0 Å². The molecule has 1 aromatic heterocycles. The van der Waals surface area contributed by atoms with Gasteiger partial charge in [-0.1, -0.05) is 0 Å². The fraction of sp³-hybridized carbons (Fsp3) is 0.143. The zero-order valence-corrected chi connectivity index (χ0v) is 10.4. The highest BCUT2D eigenvalue weighted by Crippen LogP contribution is 2.16. The number of hydrogen-bond donors (Lipinski definition) is 1. The molecule has 0 aliphatic rings. The molecule has 2 aromatic rings. The summed E-state index contributed by atoms with van der Waals surface area (Å²) in [5, 5.41) is 17.1. The molecule has 0 spiro atoms. The third-order valence-corrected chi connectivity index (χ3v) is 2.73. The van der Waals surface area contributed by atoms with E-state index in [1.807, 2.05) is 41.2 Å². The highest BCUT2D eigenvalue weighted by molar-refractivity contribution is 5.98. The molecule has 0 saturated heterocycles. The second-order valence-corrected chi connectivity index (χ2v) is 4.18. The summed E-state index contributed by atoms with van der Waals surface area (Å²) in [6.07, 6.45) is 3.85. The second kappa shape index (κ2) is 4.76. The van der Waals surface area contributed by atoms with Crippen molar-refractivity contribution in [3.8, 4) is 11.8 Å². The van der Waals surface area contributed by atoms with Crippen molar-refractivity contribution in [1.82, 2.24) is 9.47 Å². The van der Waals surface area contributed by atoms with E-state index in [0.29, 0.717) is 17.0 Å².